The summed E-state index contributed by atoms with van der Waals surface area (Å²) in [5.74, 6) is -0.462. The highest BCUT2D eigenvalue weighted by molar-refractivity contribution is 8.01. The van der Waals surface area contributed by atoms with E-state index in [0.29, 0.717) is 10.6 Å². The van der Waals surface area contributed by atoms with Crippen LogP contribution in [0.1, 0.15) is 21.6 Å². The predicted octanol–water partition coefficient (Wildman–Crippen LogP) is 4.48. The summed E-state index contributed by atoms with van der Waals surface area (Å²) >= 11 is 4.06. The second-order valence-corrected chi connectivity index (χ2v) is 8.82. The Morgan fingerprint density at radius 2 is 1.96 bits per heavy atom. The van der Waals surface area contributed by atoms with Crippen LogP contribution in [-0.2, 0) is 9.53 Å². The minimum Gasteiger partial charge on any atom is -0.462 e. The third kappa shape index (κ3) is 5.15. The van der Waals surface area contributed by atoms with Crippen LogP contribution in [0.2, 0.25) is 0 Å². The lowest BCUT2D eigenvalue weighted by Crippen LogP contribution is -2.16. The van der Waals surface area contributed by atoms with E-state index in [2.05, 4.69) is 15.5 Å². The van der Waals surface area contributed by atoms with E-state index < -0.39 is 5.97 Å². The highest BCUT2D eigenvalue weighted by Crippen LogP contribution is 2.35. The van der Waals surface area contributed by atoms with Crippen molar-refractivity contribution in [3.05, 3.63) is 46.3 Å². The number of hydrogen-bond acceptors (Lipinski definition) is 8. The maximum absolute atomic E-state index is 12.3. The molecule has 27 heavy (non-hydrogen) atoms. The molecular formula is C18H17N3O3S3. The molecule has 0 aliphatic heterocycles. The average molecular weight is 420 g/mol. The van der Waals surface area contributed by atoms with E-state index in [1.165, 1.54) is 34.4 Å². The van der Waals surface area contributed by atoms with Crippen LogP contribution in [0.25, 0.3) is 10.4 Å². The molecule has 0 spiro atoms. The summed E-state index contributed by atoms with van der Waals surface area (Å²) in [4.78, 5) is 25.9. The van der Waals surface area contributed by atoms with E-state index in [1.807, 2.05) is 43.3 Å². The number of benzene rings is 1. The zero-order chi connectivity index (χ0) is 19.2. The Bertz CT molecular complexity index is 938. The number of nitrogens with one attached hydrogen (secondary N) is 1. The van der Waals surface area contributed by atoms with Crippen LogP contribution in [0.15, 0.2) is 40.7 Å². The van der Waals surface area contributed by atoms with Crippen molar-refractivity contribution < 1.29 is 14.3 Å². The van der Waals surface area contributed by atoms with E-state index in [-0.39, 0.29) is 18.3 Å². The van der Waals surface area contributed by atoms with Gasteiger partial charge < -0.3 is 10.1 Å². The fourth-order valence-electron chi connectivity index (χ4n) is 2.23. The van der Waals surface area contributed by atoms with Crippen molar-refractivity contribution in [2.24, 2.45) is 0 Å². The Kier molecular flexibility index (Phi) is 6.59. The van der Waals surface area contributed by atoms with E-state index in [0.717, 1.165) is 19.8 Å². The lowest BCUT2D eigenvalue weighted by molar-refractivity contribution is -0.113. The number of thioether (sulfide) groups is 1. The van der Waals surface area contributed by atoms with Gasteiger partial charge in [-0.3, -0.25) is 4.79 Å². The first-order chi connectivity index (χ1) is 13.1. The second-order valence-electron chi connectivity index (χ2n) is 5.36. The van der Waals surface area contributed by atoms with Crippen molar-refractivity contribution >= 4 is 52.0 Å². The summed E-state index contributed by atoms with van der Waals surface area (Å²) < 4.78 is 5.87. The van der Waals surface area contributed by atoms with Crippen LogP contribution in [0, 0.1) is 6.92 Å². The Labute approximate surface area is 169 Å². The minimum atomic E-state index is -0.438. The molecular weight excluding hydrogens is 402 g/mol. The van der Waals surface area contributed by atoms with Gasteiger partial charge in [-0.1, -0.05) is 53.4 Å². The van der Waals surface area contributed by atoms with Gasteiger partial charge in [0.15, 0.2) is 4.34 Å². The Morgan fingerprint density at radius 1 is 1.19 bits per heavy atom. The summed E-state index contributed by atoms with van der Waals surface area (Å²) in [6.07, 6.45) is 0. The molecule has 0 saturated carbocycles. The molecule has 0 radical (unpaired) electrons. The van der Waals surface area contributed by atoms with Crippen molar-refractivity contribution in [2.45, 2.75) is 18.2 Å². The second kappa shape index (κ2) is 9.12. The summed E-state index contributed by atoms with van der Waals surface area (Å²) in [6, 6.07) is 11.5. The molecule has 140 valence electrons. The lowest BCUT2D eigenvalue weighted by Gasteiger charge is -2.05. The number of rotatable bonds is 7. The summed E-state index contributed by atoms with van der Waals surface area (Å²) in [5.41, 5.74) is 1.45. The van der Waals surface area contributed by atoms with Gasteiger partial charge in [0.25, 0.3) is 0 Å². The smallest absolute Gasteiger partial charge is 0.350 e. The number of aromatic nitrogens is 2. The molecule has 1 N–H and O–H groups in total. The number of aryl methyl sites for hydroxylation is 1. The molecule has 0 saturated heterocycles. The number of anilines is 1. The topological polar surface area (TPSA) is 81.2 Å². The summed E-state index contributed by atoms with van der Waals surface area (Å²) in [7, 11) is 0. The quantitative estimate of drug-likeness (QED) is 0.449. The molecule has 0 aliphatic rings. The number of thiophene rings is 1. The molecule has 0 aliphatic carbocycles. The third-order valence-corrected chi connectivity index (χ3v) is 6.50. The maximum atomic E-state index is 12.3. The largest absolute Gasteiger partial charge is 0.462 e. The van der Waals surface area contributed by atoms with Gasteiger partial charge in [0, 0.05) is 4.88 Å². The molecule has 3 aromatic rings. The normalized spacial score (nSPS) is 10.6. The number of ether oxygens (including phenoxy) is 1. The van der Waals surface area contributed by atoms with Gasteiger partial charge in [0.1, 0.15) is 9.88 Å². The highest BCUT2D eigenvalue weighted by Gasteiger charge is 2.20. The van der Waals surface area contributed by atoms with Crippen LogP contribution < -0.4 is 5.32 Å². The van der Waals surface area contributed by atoms with Crippen molar-refractivity contribution in [3.63, 3.8) is 0 Å². The first kappa shape index (κ1) is 19.5. The number of carbonyl (C=O) groups is 2. The number of amides is 1. The number of nitrogens with zero attached hydrogens (tertiary/aromatic N) is 2. The molecule has 0 fully saturated rings. The van der Waals surface area contributed by atoms with Crippen molar-refractivity contribution in [1.82, 2.24) is 10.2 Å². The van der Waals surface area contributed by atoms with E-state index >= 15 is 0 Å². The molecule has 2 heterocycles. The van der Waals surface area contributed by atoms with Gasteiger partial charge in [-0.05, 0) is 25.5 Å². The van der Waals surface area contributed by atoms with E-state index in [4.69, 9.17) is 4.74 Å². The molecule has 0 bridgehead atoms. The Morgan fingerprint density at radius 3 is 2.63 bits per heavy atom. The van der Waals surface area contributed by atoms with Gasteiger partial charge in [-0.15, -0.1) is 21.5 Å². The molecule has 0 unspecified atom stereocenters. The summed E-state index contributed by atoms with van der Waals surface area (Å²) in [6.45, 7) is 3.89. The highest BCUT2D eigenvalue weighted by atomic mass is 32.2. The monoisotopic (exact) mass is 419 g/mol. The number of hydrogen-bond donors (Lipinski definition) is 1. The van der Waals surface area contributed by atoms with Crippen molar-refractivity contribution in [3.8, 4) is 10.4 Å². The van der Waals surface area contributed by atoms with Gasteiger partial charge >= 0.3 is 5.97 Å². The number of carbonyl (C=O) groups excluding carboxylic acids is 2. The van der Waals surface area contributed by atoms with Crippen molar-refractivity contribution in [1.29, 1.82) is 0 Å². The molecule has 1 amide bonds. The SMILES string of the molecule is CCOC(=O)c1sc(-c2ccccc2)cc1NC(=O)CSc1nnc(C)s1. The standard InChI is InChI=1S/C18H17N3O3S3/c1-3-24-17(23)16-13(9-14(27-16)12-7-5-4-6-8-12)19-15(22)10-25-18-21-20-11(2)26-18/h4-9H,3,10H2,1-2H3,(H,19,22). The third-order valence-electron chi connectivity index (χ3n) is 3.36. The minimum absolute atomic E-state index is 0.188. The van der Waals surface area contributed by atoms with Gasteiger partial charge in [0.05, 0.1) is 18.0 Å². The molecule has 3 rings (SSSR count). The predicted molar refractivity (Wildman–Crippen MR) is 110 cm³/mol. The van der Waals surface area contributed by atoms with Gasteiger partial charge in [0.2, 0.25) is 5.91 Å². The zero-order valence-corrected chi connectivity index (χ0v) is 17.2. The van der Waals surface area contributed by atoms with Crippen LogP contribution in [0.5, 0.6) is 0 Å². The van der Waals surface area contributed by atoms with Crippen LogP contribution in [0.4, 0.5) is 5.69 Å². The molecule has 9 heteroatoms. The van der Waals surface area contributed by atoms with Crippen LogP contribution in [0.3, 0.4) is 0 Å². The molecule has 2 aromatic heterocycles. The average Bonchev–Trinajstić information content (AvgIpc) is 3.27. The van der Waals surface area contributed by atoms with Gasteiger partial charge in [-0.25, -0.2) is 4.79 Å². The molecule has 1 aromatic carbocycles. The first-order valence-electron chi connectivity index (χ1n) is 8.16. The first-order valence-corrected chi connectivity index (χ1v) is 10.8. The van der Waals surface area contributed by atoms with Crippen LogP contribution >= 0.6 is 34.4 Å². The van der Waals surface area contributed by atoms with E-state index in [9.17, 15) is 9.59 Å². The number of esters is 1. The lowest BCUT2D eigenvalue weighted by atomic mass is 10.2. The maximum Gasteiger partial charge on any atom is 0.350 e. The fourth-order valence-corrected chi connectivity index (χ4v) is 4.86. The molecule has 0 atom stereocenters. The Hall–Kier alpha value is -2.23. The molecule has 6 nitrogen and oxygen atoms in total. The summed E-state index contributed by atoms with van der Waals surface area (Å²) in [5, 5.41) is 11.6. The zero-order valence-electron chi connectivity index (χ0n) is 14.7. The Balaban J connectivity index is 1.76. The van der Waals surface area contributed by atoms with E-state index in [1.54, 1.807) is 6.92 Å². The van der Waals surface area contributed by atoms with Crippen molar-refractivity contribution in [2.75, 3.05) is 17.7 Å². The van der Waals surface area contributed by atoms with Crippen LogP contribution in [-0.4, -0.2) is 34.4 Å². The fraction of sp³-hybridized carbons (Fsp3) is 0.222. The van der Waals surface area contributed by atoms with Gasteiger partial charge in [-0.2, -0.15) is 0 Å².